The molecule has 0 saturated carbocycles. The minimum absolute atomic E-state index is 0. The molecule has 24 heavy (non-hydrogen) atoms. The van der Waals surface area contributed by atoms with Crippen molar-refractivity contribution in [1.82, 2.24) is 10.0 Å². The first-order valence-corrected chi connectivity index (χ1v) is 9.40. The standard InChI is InChI=1S/C17H19ClN2O2S.ClH/c1-12-6-7-17(15(18)10-12)23(21,22)20-11-16-14-5-3-2-4-13(14)8-9-19-16;/h2-7,10,16,19-20H,8-9,11H2,1H3;1H. The highest BCUT2D eigenvalue weighted by molar-refractivity contribution is 7.89. The van der Waals surface area contributed by atoms with Crippen molar-refractivity contribution in [2.75, 3.05) is 13.1 Å². The van der Waals surface area contributed by atoms with Gasteiger partial charge in [0.2, 0.25) is 10.0 Å². The summed E-state index contributed by atoms with van der Waals surface area (Å²) >= 11 is 6.08. The Hall–Kier alpha value is -1.11. The smallest absolute Gasteiger partial charge is 0.242 e. The molecule has 0 spiro atoms. The van der Waals surface area contributed by atoms with Gasteiger partial charge in [-0.25, -0.2) is 13.1 Å². The molecule has 0 aromatic heterocycles. The summed E-state index contributed by atoms with van der Waals surface area (Å²) in [7, 11) is -3.63. The normalized spacial score (nSPS) is 17.0. The number of hydrogen-bond donors (Lipinski definition) is 2. The van der Waals surface area contributed by atoms with Crippen molar-refractivity contribution in [2.24, 2.45) is 0 Å². The lowest BCUT2D eigenvalue weighted by Crippen LogP contribution is -2.38. The van der Waals surface area contributed by atoms with Crippen molar-refractivity contribution < 1.29 is 8.42 Å². The van der Waals surface area contributed by atoms with Crippen molar-refractivity contribution in [2.45, 2.75) is 24.3 Å². The lowest BCUT2D eigenvalue weighted by Gasteiger charge is -2.27. The molecule has 1 atom stereocenters. The van der Waals surface area contributed by atoms with E-state index in [1.807, 2.05) is 25.1 Å². The molecule has 130 valence electrons. The quantitative estimate of drug-likeness (QED) is 0.847. The van der Waals surface area contributed by atoms with Crippen LogP contribution in [0.1, 0.15) is 22.7 Å². The second kappa shape index (κ2) is 7.85. The highest BCUT2D eigenvalue weighted by atomic mass is 35.5. The SMILES string of the molecule is Cc1ccc(S(=O)(=O)NCC2NCCc3ccccc32)c(Cl)c1.Cl. The number of aryl methyl sites for hydroxylation is 1. The summed E-state index contributed by atoms with van der Waals surface area (Å²) < 4.78 is 27.7. The Kier molecular flexibility index (Phi) is 6.28. The molecule has 0 fully saturated rings. The van der Waals surface area contributed by atoms with Gasteiger partial charge in [-0.05, 0) is 48.7 Å². The Labute approximate surface area is 154 Å². The monoisotopic (exact) mass is 386 g/mol. The van der Waals surface area contributed by atoms with E-state index in [0.29, 0.717) is 6.54 Å². The van der Waals surface area contributed by atoms with Gasteiger partial charge in [0.15, 0.2) is 0 Å². The Balaban J connectivity index is 0.00000208. The van der Waals surface area contributed by atoms with E-state index in [4.69, 9.17) is 11.6 Å². The summed E-state index contributed by atoms with van der Waals surface area (Å²) in [5.41, 5.74) is 3.34. The largest absolute Gasteiger partial charge is 0.308 e. The number of benzene rings is 2. The van der Waals surface area contributed by atoms with E-state index < -0.39 is 10.0 Å². The van der Waals surface area contributed by atoms with E-state index in [9.17, 15) is 8.42 Å². The molecule has 1 unspecified atom stereocenters. The van der Waals surface area contributed by atoms with Crippen molar-refractivity contribution in [3.05, 3.63) is 64.2 Å². The fourth-order valence-electron chi connectivity index (χ4n) is 2.87. The van der Waals surface area contributed by atoms with Gasteiger partial charge >= 0.3 is 0 Å². The van der Waals surface area contributed by atoms with E-state index >= 15 is 0 Å². The van der Waals surface area contributed by atoms with E-state index in [1.165, 1.54) is 5.56 Å². The molecule has 0 amide bonds. The van der Waals surface area contributed by atoms with Gasteiger partial charge in [-0.2, -0.15) is 0 Å². The van der Waals surface area contributed by atoms with Crippen molar-refractivity contribution in [1.29, 1.82) is 0 Å². The number of rotatable bonds is 4. The second-order valence-electron chi connectivity index (χ2n) is 5.74. The van der Waals surface area contributed by atoms with E-state index in [-0.39, 0.29) is 28.4 Å². The van der Waals surface area contributed by atoms with E-state index in [2.05, 4.69) is 16.1 Å². The van der Waals surface area contributed by atoms with Crippen LogP contribution in [0.3, 0.4) is 0 Å². The van der Waals surface area contributed by atoms with Gasteiger partial charge in [-0.1, -0.05) is 41.9 Å². The third kappa shape index (κ3) is 4.10. The molecule has 3 rings (SSSR count). The minimum atomic E-state index is -3.63. The van der Waals surface area contributed by atoms with E-state index in [0.717, 1.165) is 24.1 Å². The highest BCUT2D eigenvalue weighted by Crippen LogP contribution is 2.25. The number of fused-ring (bicyclic) bond motifs is 1. The molecule has 0 radical (unpaired) electrons. The van der Waals surface area contributed by atoms with Crippen molar-refractivity contribution >= 4 is 34.0 Å². The lowest BCUT2D eigenvalue weighted by atomic mass is 9.95. The Morgan fingerprint density at radius 3 is 2.75 bits per heavy atom. The Morgan fingerprint density at radius 2 is 2.00 bits per heavy atom. The molecule has 1 aliphatic rings. The molecule has 0 aliphatic carbocycles. The third-order valence-corrected chi connectivity index (χ3v) is 5.98. The fourth-order valence-corrected chi connectivity index (χ4v) is 4.51. The maximum Gasteiger partial charge on any atom is 0.242 e. The average molecular weight is 387 g/mol. The van der Waals surface area contributed by atoms with Crippen LogP contribution >= 0.6 is 24.0 Å². The molecular formula is C17H20Cl2N2O2S. The van der Waals surface area contributed by atoms with Crippen LogP contribution in [0.25, 0.3) is 0 Å². The second-order valence-corrected chi connectivity index (χ2v) is 7.88. The number of halogens is 2. The Morgan fingerprint density at radius 1 is 1.25 bits per heavy atom. The van der Waals surface area contributed by atoms with Crippen LogP contribution in [0.2, 0.25) is 5.02 Å². The zero-order valence-corrected chi connectivity index (χ0v) is 15.6. The predicted octanol–water partition coefficient (Wildman–Crippen LogP) is 3.24. The zero-order chi connectivity index (χ0) is 16.4. The van der Waals surface area contributed by atoms with Gasteiger partial charge in [0.05, 0.1) is 5.02 Å². The maximum absolute atomic E-state index is 12.5. The first-order chi connectivity index (χ1) is 11.0. The minimum Gasteiger partial charge on any atom is -0.308 e. The third-order valence-electron chi connectivity index (χ3n) is 4.07. The molecule has 1 heterocycles. The first-order valence-electron chi connectivity index (χ1n) is 7.54. The summed E-state index contributed by atoms with van der Waals surface area (Å²) in [6.45, 7) is 3.01. The van der Waals surface area contributed by atoms with Gasteiger partial charge in [-0.3, -0.25) is 0 Å². The maximum atomic E-state index is 12.5. The summed E-state index contributed by atoms with van der Waals surface area (Å²) in [6.07, 6.45) is 0.962. The summed E-state index contributed by atoms with van der Waals surface area (Å²) in [4.78, 5) is 0.119. The van der Waals surface area contributed by atoms with Crippen LogP contribution in [-0.4, -0.2) is 21.5 Å². The Bertz CT molecular complexity index is 825. The molecular weight excluding hydrogens is 367 g/mol. The van der Waals surface area contributed by atoms with Crippen LogP contribution in [0, 0.1) is 6.92 Å². The molecule has 1 aliphatic heterocycles. The van der Waals surface area contributed by atoms with Crippen LogP contribution in [0.4, 0.5) is 0 Å². The van der Waals surface area contributed by atoms with Gasteiger partial charge in [0.1, 0.15) is 4.90 Å². The molecule has 0 saturated heterocycles. The lowest BCUT2D eigenvalue weighted by molar-refractivity contribution is 0.491. The van der Waals surface area contributed by atoms with Gasteiger partial charge in [0.25, 0.3) is 0 Å². The van der Waals surface area contributed by atoms with Gasteiger partial charge in [-0.15, -0.1) is 12.4 Å². The van der Waals surface area contributed by atoms with Gasteiger partial charge in [0, 0.05) is 12.6 Å². The molecule has 7 heteroatoms. The van der Waals surface area contributed by atoms with E-state index in [1.54, 1.807) is 18.2 Å². The summed E-state index contributed by atoms with van der Waals surface area (Å²) in [6, 6.07) is 13.0. The molecule has 2 aromatic rings. The molecule has 2 aromatic carbocycles. The number of sulfonamides is 1. The van der Waals surface area contributed by atoms with Crippen molar-refractivity contribution in [3.8, 4) is 0 Å². The fraction of sp³-hybridized carbons (Fsp3) is 0.294. The van der Waals surface area contributed by atoms with Gasteiger partial charge < -0.3 is 5.32 Å². The summed E-state index contributed by atoms with van der Waals surface area (Å²) in [5.74, 6) is 0. The molecule has 4 nitrogen and oxygen atoms in total. The number of hydrogen-bond acceptors (Lipinski definition) is 3. The summed E-state index contributed by atoms with van der Waals surface area (Å²) in [5, 5.41) is 3.61. The average Bonchev–Trinajstić information content (AvgIpc) is 2.52. The first kappa shape index (κ1) is 19.2. The zero-order valence-electron chi connectivity index (χ0n) is 13.3. The van der Waals surface area contributed by atoms with Crippen LogP contribution < -0.4 is 10.0 Å². The molecule has 2 N–H and O–H groups in total. The predicted molar refractivity (Wildman–Crippen MR) is 99.5 cm³/mol. The number of nitrogens with one attached hydrogen (secondary N) is 2. The van der Waals surface area contributed by atoms with Crippen LogP contribution in [0.5, 0.6) is 0 Å². The molecule has 0 bridgehead atoms. The van der Waals surface area contributed by atoms with Crippen molar-refractivity contribution in [3.63, 3.8) is 0 Å². The van der Waals surface area contributed by atoms with Crippen LogP contribution in [0.15, 0.2) is 47.4 Å². The van der Waals surface area contributed by atoms with Crippen LogP contribution in [-0.2, 0) is 16.4 Å². The highest BCUT2D eigenvalue weighted by Gasteiger charge is 2.23. The topological polar surface area (TPSA) is 58.2 Å².